The Morgan fingerprint density at radius 3 is 2.77 bits per heavy atom. The number of benzene rings is 1. The first-order valence-corrected chi connectivity index (χ1v) is 10.2. The quantitative estimate of drug-likeness (QED) is 0.815. The number of likely N-dealkylation sites (N-methyl/N-ethyl adjacent to an activating group) is 1. The number of aryl methyl sites for hydroxylation is 1. The van der Waals surface area contributed by atoms with Gasteiger partial charge in [-0.1, -0.05) is 18.5 Å². The van der Waals surface area contributed by atoms with E-state index in [2.05, 4.69) is 40.5 Å². The number of hydrogen-bond donors (Lipinski definition) is 0. The van der Waals surface area contributed by atoms with Crippen molar-refractivity contribution < 1.29 is 4.79 Å². The normalized spacial score (nSPS) is 19.1. The van der Waals surface area contributed by atoms with Crippen LogP contribution in [0.15, 0.2) is 18.2 Å². The van der Waals surface area contributed by atoms with Crippen LogP contribution in [0, 0.1) is 5.92 Å². The van der Waals surface area contributed by atoms with Gasteiger partial charge in [0.1, 0.15) is 0 Å². The summed E-state index contributed by atoms with van der Waals surface area (Å²) in [5, 5.41) is 2.03. The van der Waals surface area contributed by atoms with Gasteiger partial charge in [-0.25, -0.2) is 0 Å². The van der Waals surface area contributed by atoms with Gasteiger partial charge in [0.2, 0.25) is 5.91 Å². The van der Waals surface area contributed by atoms with Crippen LogP contribution in [0.4, 0.5) is 0 Å². The van der Waals surface area contributed by atoms with Crippen molar-refractivity contribution in [1.82, 2.24) is 14.4 Å². The molecule has 0 saturated carbocycles. The molecule has 0 N–H and O–H groups in total. The van der Waals surface area contributed by atoms with E-state index in [-0.39, 0.29) is 0 Å². The standard InChI is InChI=1S/C21H28ClN3O/c1-15-5-10-24(11-6-15)21(26)8-12-25-19-4-3-16(22)13-17(19)18-14-23(2)9-7-20(18)25/h3-4,13,15H,5-12,14H2,1-2H3. The second kappa shape index (κ2) is 7.24. The maximum atomic E-state index is 12.7. The predicted octanol–water partition coefficient (Wildman–Crippen LogP) is 3.93. The van der Waals surface area contributed by atoms with E-state index in [1.54, 1.807) is 0 Å². The number of nitrogens with zero attached hydrogens (tertiary/aromatic N) is 3. The van der Waals surface area contributed by atoms with Crippen molar-refractivity contribution in [1.29, 1.82) is 0 Å². The van der Waals surface area contributed by atoms with Crippen LogP contribution in [-0.2, 0) is 24.3 Å². The lowest BCUT2D eigenvalue weighted by atomic mass is 9.99. The van der Waals surface area contributed by atoms with Gasteiger partial charge < -0.3 is 14.4 Å². The highest BCUT2D eigenvalue weighted by atomic mass is 35.5. The number of halogens is 1. The molecule has 2 aliphatic heterocycles. The summed E-state index contributed by atoms with van der Waals surface area (Å²) in [6, 6.07) is 6.16. The number of rotatable bonds is 3. The Balaban J connectivity index is 1.57. The summed E-state index contributed by atoms with van der Waals surface area (Å²) in [4.78, 5) is 17.1. The van der Waals surface area contributed by atoms with Crippen LogP contribution < -0.4 is 0 Å². The third-order valence-electron chi connectivity index (χ3n) is 6.09. The van der Waals surface area contributed by atoms with Gasteiger partial charge in [-0.2, -0.15) is 0 Å². The number of hydrogen-bond acceptors (Lipinski definition) is 2. The molecular formula is C21H28ClN3O. The maximum absolute atomic E-state index is 12.7. The number of carbonyl (C=O) groups excluding carboxylic acids is 1. The largest absolute Gasteiger partial charge is 0.344 e. The molecule has 1 aromatic heterocycles. The summed E-state index contributed by atoms with van der Waals surface area (Å²) < 4.78 is 2.37. The predicted molar refractivity (Wildman–Crippen MR) is 107 cm³/mol. The number of aromatic nitrogens is 1. The van der Waals surface area contributed by atoms with Crippen molar-refractivity contribution in [2.45, 2.75) is 45.7 Å². The highest BCUT2D eigenvalue weighted by Crippen LogP contribution is 2.32. The molecule has 1 fully saturated rings. The van der Waals surface area contributed by atoms with E-state index >= 15 is 0 Å². The monoisotopic (exact) mass is 373 g/mol. The molecule has 5 heteroatoms. The smallest absolute Gasteiger partial charge is 0.224 e. The van der Waals surface area contributed by atoms with Crippen LogP contribution in [0.5, 0.6) is 0 Å². The van der Waals surface area contributed by atoms with Crippen molar-refractivity contribution in [3.05, 3.63) is 34.5 Å². The maximum Gasteiger partial charge on any atom is 0.224 e. The Morgan fingerprint density at radius 2 is 2.00 bits per heavy atom. The molecule has 1 aromatic carbocycles. The van der Waals surface area contributed by atoms with Crippen LogP contribution in [-0.4, -0.2) is 47.0 Å². The Morgan fingerprint density at radius 1 is 1.23 bits per heavy atom. The molecule has 140 valence electrons. The first kappa shape index (κ1) is 17.9. The zero-order valence-corrected chi connectivity index (χ0v) is 16.6. The van der Waals surface area contributed by atoms with Gasteiger partial charge in [-0.05, 0) is 49.6 Å². The highest BCUT2D eigenvalue weighted by Gasteiger charge is 2.24. The summed E-state index contributed by atoms with van der Waals surface area (Å²) in [6.07, 6.45) is 3.90. The second-order valence-electron chi connectivity index (χ2n) is 8.04. The van der Waals surface area contributed by atoms with Crippen LogP contribution in [0.2, 0.25) is 5.02 Å². The molecule has 0 unspecified atom stereocenters. The zero-order valence-electron chi connectivity index (χ0n) is 15.8. The average molecular weight is 374 g/mol. The lowest BCUT2D eigenvalue weighted by Gasteiger charge is -2.30. The van der Waals surface area contributed by atoms with E-state index in [9.17, 15) is 4.79 Å². The van der Waals surface area contributed by atoms with Gasteiger partial charge in [0, 0.05) is 67.2 Å². The van der Waals surface area contributed by atoms with Gasteiger partial charge in [0.05, 0.1) is 0 Å². The fourth-order valence-electron chi connectivity index (χ4n) is 4.44. The number of piperidine rings is 1. The first-order valence-electron chi connectivity index (χ1n) is 9.78. The molecule has 0 aliphatic carbocycles. The van der Waals surface area contributed by atoms with E-state index < -0.39 is 0 Å². The summed E-state index contributed by atoms with van der Waals surface area (Å²) in [5.41, 5.74) is 3.99. The van der Waals surface area contributed by atoms with Gasteiger partial charge in [0.15, 0.2) is 0 Å². The van der Waals surface area contributed by atoms with Crippen molar-refractivity contribution in [2.75, 3.05) is 26.7 Å². The minimum Gasteiger partial charge on any atom is -0.344 e. The molecule has 0 spiro atoms. The zero-order chi connectivity index (χ0) is 18.3. The third-order valence-corrected chi connectivity index (χ3v) is 6.33. The second-order valence-corrected chi connectivity index (χ2v) is 8.48. The van der Waals surface area contributed by atoms with Crippen LogP contribution >= 0.6 is 11.6 Å². The van der Waals surface area contributed by atoms with Crippen molar-refractivity contribution in [3.8, 4) is 0 Å². The van der Waals surface area contributed by atoms with Gasteiger partial charge in [-0.3, -0.25) is 4.79 Å². The third kappa shape index (κ3) is 3.37. The number of fused-ring (bicyclic) bond motifs is 3. The molecule has 0 bridgehead atoms. The molecule has 3 heterocycles. The molecule has 1 saturated heterocycles. The Bertz CT molecular complexity index is 820. The topological polar surface area (TPSA) is 28.5 Å². The number of likely N-dealkylation sites (tertiary alicyclic amines) is 1. The molecule has 0 radical (unpaired) electrons. The Kier molecular flexibility index (Phi) is 4.98. The Labute approximate surface area is 160 Å². The van der Waals surface area contributed by atoms with E-state index in [0.717, 1.165) is 62.9 Å². The lowest BCUT2D eigenvalue weighted by molar-refractivity contribution is -0.132. The molecule has 4 rings (SSSR count). The van der Waals surface area contributed by atoms with E-state index in [1.807, 2.05) is 6.07 Å². The van der Waals surface area contributed by atoms with Crippen LogP contribution in [0.25, 0.3) is 10.9 Å². The molecule has 1 amide bonds. The SMILES string of the molecule is CC1CCN(C(=O)CCn2c3c(c4cc(Cl)ccc42)CN(C)CC3)CC1. The van der Waals surface area contributed by atoms with Gasteiger partial charge >= 0.3 is 0 Å². The van der Waals surface area contributed by atoms with Crippen molar-refractivity contribution in [3.63, 3.8) is 0 Å². The van der Waals surface area contributed by atoms with E-state index in [1.165, 1.54) is 22.2 Å². The number of carbonyl (C=O) groups is 1. The minimum absolute atomic E-state index is 0.300. The highest BCUT2D eigenvalue weighted by molar-refractivity contribution is 6.31. The summed E-state index contributed by atoms with van der Waals surface area (Å²) in [6.45, 7) is 6.91. The van der Waals surface area contributed by atoms with Gasteiger partial charge in [-0.15, -0.1) is 0 Å². The molecule has 26 heavy (non-hydrogen) atoms. The Hall–Kier alpha value is -1.52. The number of amides is 1. The summed E-state index contributed by atoms with van der Waals surface area (Å²) in [7, 11) is 2.16. The lowest BCUT2D eigenvalue weighted by Crippen LogP contribution is -2.38. The van der Waals surface area contributed by atoms with Crippen molar-refractivity contribution >= 4 is 28.4 Å². The molecule has 0 atom stereocenters. The summed E-state index contributed by atoms with van der Waals surface area (Å²) >= 11 is 6.26. The van der Waals surface area contributed by atoms with Crippen molar-refractivity contribution in [2.24, 2.45) is 5.92 Å². The molecular weight excluding hydrogens is 346 g/mol. The average Bonchev–Trinajstić information content (AvgIpc) is 2.92. The van der Waals surface area contributed by atoms with Crippen LogP contribution in [0.3, 0.4) is 0 Å². The minimum atomic E-state index is 0.300. The fourth-order valence-corrected chi connectivity index (χ4v) is 4.61. The van der Waals surface area contributed by atoms with E-state index in [0.29, 0.717) is 12.3 Å². The molecule has 4 nitrogen and oxygen atoms in total. The van der Waals surface area contributed by atoms with E-state index in [4.69, 9.17) is 11.6 Å². The molecule has 2 aromatic rings. The first-order chi connectivity index (χ1) is 12.5. The summed E-state index contributed by atoms with van der Waals surface area (Å²) in [5.74, 6) is 1.05. The van der Waals surface area contributed by atoms with Crippen LogP contribution in [0.1, 0.15) is 37.4 Å². The fraction of sp³-hybridized carbons (Fsp3) is 0.571. The molecule has 2 aliphatic rings. The van der Waals surface area contributed by atoms with Gasteiger partial charge in [0.25, 0.3) is 0 Å².